The highest BCUT2D eigenvalue weighted by molar-refractivity contribution is 6.30. The molecule has 8 heteroatoms. The van der Waals surface area contributed by atoms with Crippen molar-refractivity contribution in [2.24, 2.45) is 0 Å². The lowest BCUT2D eigenvalue weighted by Gasteiger charge is -2.24. The average molecular weight is 474 g/mol. The lowest BCUT2D eigenvalue weighted by Crippen LogP contribution is -2.25. The van der Waals surface area contributed by atoms with Gasteiger partial charge in [-0.3, -0.25) is 4.79 Å². The van der Waals surface area contributed by atoms with Crippen LogP contribution in [0.15, 0.2) is 54.6 Å². The molecule has 0 saturated heterocycles. The minimum absolute atomic E-state index is 0.0837. The Morgan fingerprint density at radius 1 is 1.06 bits per heavy atom. The molecule has 2 aromatic carbocycles. The molecule has 1 atom stereocenters. The molecular weight excluding hydrogens is 450 g/mol. The molecule has 34 heavy (non-hydrogen) atoms. The number of hydrogen-bond acceptors (Lipinski definition) is 5. The standard InChI is InChI=1S/C26H24ClN5O2/c1-4-34-20-11-7-17(8-12-20)21-14-22(33)30-25-23(21)24(18-5-9-19(27)10-6-18)31-32(25)26-28-15(2)13-16(3)29-26/h5-13,21H,4,14H2,1-3H3,(H,30,33). The van der Waals surface area contributed by atoms with Crippen molar-refractivity contribution in [3.8, 4) is 23.0 Å². The molecule has 1 aliphatic heterocycles. The van der Waals surface area contributed by atoms with Gasteiger partial charge in [-0.1, -0.05) is 35.9 Å². The van der Waals surface area contributed by atoms with Crippen LogP contribution in [0.3, 0.4) is 0 Å². The van der Waals surface area contributed by atoms with Crippen molar-refractivity contribution in [2.75, 3.05) is 11.9 Å². The van der Waals surface area contributed by atoms with Crippen LogP contribution in [0.2, 0.25) is 5.02 Å². The number of aromatic nitrogens is 4. The van der Waals surface area contributed by atoms with E-state index >= 15 is 0 Å². The van der Waals surface area contributed by atoms with Crippen molar-refractivity contribution in [1.29, 1.82) is 0 Å². The van der Waals surface area contributed by atoms with E-state index in [1.807, 2.05) is 75.4 Å². The number of halogens is 1. The molecule has 1 aliphatic rings. The number of nitrogens with zero attached hydrogens (tertiary/aromatic N) is 4. The normalized spacial score (nSPS) is 15.1. The van der Waals surface area contributed by atoms with Gasteiger partial charge in [-0.25, -0.2) is 9.97 Å². The van der Waals surface area contributed by atoms with Gasteiger partial charge in [-0.15, -0.1) is 0 Å². The quantitative estimate of drug-likeness (QED) is 0.415. The van der Waals surface area contributed by atoms with Gasteiger partial charge < -0.3 is 10.1 Å². The van der Waals surface area contributed by atoms with E-state index in [0.717, 1.165) is 39.5 Å². The predicted octanol–water partition coefficient (Wildman–Crippen LogP) is 5.47. The van der Waals surface area contributed by atoms with E-state index in [4.69, 9.17) is 21.4 Å². The fourth-order valence-electron chi connectivity index (χ4n) is 4.37. The Kier molecular flexibility index (Phi) is 5.79. The largest absolute Gasteiger partial charge is 0.494 e. The summed E-state index contributed by atoms with van der Waals surface area (Å²) in [6.07, 6.45) is 0.307. The van der Waals surface area contributed by atoms with Gasteiger partial charge >= 0.3 is 0 Å². The van der Waals surface area contributed by atoms with Crippen molar-refractivity contribution in [2.45, 2.75) is 33.1 Å². The van der Waals surface area contributed by atoms with Gasteiger partial charge in [0.15, 0.2) is 0 Å². The fourth-order valence-corrected chi connectivity index (χ4v) is 4.49. The van der Waals surface area contributed by atoms with Crippen molar-refractivity contribution in [1.82, 2.24) is 19.7 Å². The number of carbonyl (C=O) groups is 1. The maximum absolute atomic E-state index is 12.9. The van der Waals surface area contributed by atoms with E-state index in [2.05, 4.69) is 15.3 Å². The van der Waals surface area contributed by atoms with E-state index in [9.17, 15) is 4.79 Å². The molecule has 1 unspecified atom stereocenters. The maximum Gasteiger partial charge on any atom is 0.252 e. The third-order valence-electron chi connectivity index (χ3n) is 5.79. The summed E-state index contributed by atoms with van der Waals surface area (Å²) in [5, 5.41) is 8.58. The van der Waals surface area contributed by atoms with E-state index in [1.165, 1.54) is 0 Å². The van der Waals surface area contributed by atoms with Gasteiger partial charge in [-0.05, 0) is 56.7 Å². The molecule has 1 N–H and O–H groups in total. The van der Waals surface area contributed by atoms with Gasteiger partial charge in [0, 0.05) is 39.9 Å². The molecular formula is C26H24ClN5O2. The Morgan fingerprint density at radius 3 is 2.38 bits per heavy atom. The number of ether oxygens (including phenoxy) is 1. The monoisotopic (exact) mass is 473 g/mol. The number of nitrogens with one attached hydrogen (secondary N) is 1. The van der Waals surface area contributed by atoms with Crippen LogP contribution < -0.4 is 10.1 Å². The van der Waals surface area contributed by atoms with Crippen LogP contribution in [0.25, 0.3) is 17.2 Å². The summed E-state index contributed by atoms with van der Waals surface area (Å²) >= 11 is 6.15. The highest BCUT2D eigenvalue weighted by Crippen LogP contribution is 2.44. The molecule has 5 rings (SSSR count). The predicted molar refractivity (Wildman–Crippen MR) is 132 cm³/mol. The summed E-state index contributed by atoms with van der Waals surface area (Å²) in [6, 6.07) is 17.3. The summed E-state index contributed by atoms with van der Waals surface area (Å²) < 4.78 is 7.24. The molecule has 7 nitrogen and oxygen atoms in total. The van der Waals surface area contributed by atoms with E-state index < -0.39 is 0 Å². The molecule has 0 aliphatic carbocycles. The minimum atomic E-state index is -0.190. The summed E-state index contributed by atoms with van der Waals surface area (Å²) in [5.74, 6) is 1.53. The second-order valence-corrected chi connectivity index (χ2v) is 8.72. The van der Waals surface area contributed by atoms with Gasteiger partial charge in [-0.2, -0.15) is 9.78 Å². The van der Waals surface area contributed by atoms with Crippen LogP contribution >= 0.6 is 11.6 Å². The van der Waals surface area contributed by atoms with Crippen LogP contribution in [0.5, 0.6) is 5.75 Å². The Bertz CT molecular complexity index is 1340. The van der Waals surface area contributed by atoms with Gasteiger partial charge in [0.25, 0.3) is 5.95 Å². The summed E-state index contributed by atoms with van der Waals surface area (Å²) in [7, 11) is 0. The van der Waals surface area contributed by atoms with E-state index in [0.29, 0.717) is 29.8 Å². The number of hydrogen-bond donors (Lipinski definition) is 1. The van der Waals surface area contributed by atoms with Crippen LogP contribution in [-0.2, 0) is 4.79 Å². The average Bonchev–Trinajstić information content (AvgIpc) is 3.18. The van der Waals surface area contributed by atoms with Crippen molar-refractivity contribution in [3.05, 3.63) is 82.1 Å². The lowest BCUT2D eigenvalue weighted by atomic mass is 9.84. The number of benzene rings is 2. The lowest BCUT2D eigenvalue weighted by molar-refractivity contribution is -0.116. The Hall–Kier alpha value is -3.71. The van der Waals surface area contributed by atoms with Crippen LogP contribution in [0.4, 0.5) is 5.82 Å². The first-order valence-electron chi connectivity index (χ1n) is 11.2. The maximum atomic E-state index is 12.9. The van der Waals surface area contributed by atoms with Crippen LogP contribution in [0.1, 0.15) is 41.8 Å². The smallest absolute Gasteiger partial charge is 0.252 e. The topological polar surface area (TPSA) is 81.9 Å². The zero-order valence-electron chi connectivity index (χ0n) is 19.2. The van der Waals surface area contributed by atoms with E-state index in [-0.39, 0.29) is 11.8 Å². The van der Waals surface area contributed by atoms with Crippen LogP contribution in [0, 0.1) is 13.8 Å². The first kappa shape index (κ1) is 22.1. The zero-order valence-corrected chi connectivity index (χ0v) is 19.9. The highest BCUT2D eigenvalue weighted by atomic mass is 35.5. The number of anilines is 1. The highest BCUT2D eigenvalue weighted by Gasteiger charge is 2.35. The summed E-state index contributed by atoms with van der Waals surface area (Å²) in [6.45, 7) is 6.37. The first-order chi connectivity index (χ1) is 16.4. The molecule has 0 fully saturated rings. The van der Waals surface area contributed by atoms with Crippen molar-refractivity contribution in [3.63, 3.8) is 0 Å². The molecule has 4 aromatic rings. The second kappa shape index (κ2) is 8.91. The SMILES string of the molecule is CCOc1ccc(C2CC(=O)Nc3c2c(-c2ccc(Cl)cc2)nn3-c2nc(C)cc(C)n2)cc1. The number of aryl methyl sites for hydroxylation is 2. The minimum Gasteiger partial charge on any atom is -0.494 e. The Morgan fingerprint density at radius 2 is 1.74 bits per heavy atom. The molecule has 0 spiro atoms. The molecule has 0 saturated carbocycles. The third kappa shape index (κ3) is 4.15. The van der Waals surface area contributed by atoms with E-state index in [1.54, 1.807) is 4.68 Å². The number of carbonyl (C=O) groups excluding carboxylic acids is 1. The third-order valence-corrected chi connectivity index (χ3v) is 6.04. The summed E-state index contributed by atoms with van der Waals surface area (Å²) in [5.41, 5.74) is 5.24. The number of amides is 1. The molecule has 0 radical (unpaired) electrons. The van der Waals surface area contributed by atoms with Gasteiger partial charge in [0.1, 0.15) is 11.6 Å². The molecule has 172 valence electrons. The zero-order chi connectivity index (χ0) is 23.8. The van der Waals surface area contributed by atoms with Gasteiger partial charge in [0.2, 0.25) is 5.91 Å². The number of rotatable bonds is 5. The summed E-state index contributed by atoms with van der Waals surface area (Å²) in [4.78, 5) is 22.0. The van der Waals surface area contributed by atoms with Gasteiger partial charge in [0.05, 0.1) is 12.3 Å². The van der Waals surface area contributed by atoms with Crippen molar-refractivity contribution >= 4 is 23.3 Å². The second-order valence-electron chi connectivity index (χ2n) is 8.29. The van der Waals surface area contributed by atoms with Crippen molar-refractivity contribution < 1.29 is 9.53 Å². The Labute approximate surface area is 202 Å². The van der Waals surface area contributed by atoms with Crippen LogP contribution in [-0.4, -0.2) is 32.3 Å². The molecule has 0 bridgehead atoms. The molecule has 3 heterocycles. The fraction of sp³-hybridized carbons (Fsp3) is 0.231. The Balaban J connectivity index is 1.72. The molecule has 1 amide bonds. The molecule has 2 aromatic heterocycles. The number of fused-ring (bicyclic) bond motifs is 1. The first-order valence-corrected chi connectivity index (χ1v) is 11.5.